The largest absolute Gasteiger partial charge is 0.390 e. The maximum Gasteiger partial charge on any atom is 0.270 e. The molecule has 0 bridgehead atoms. The lowest BCUT2D eigenvalue weighted by Gasteiger charge is -2.15. The highest BCUT2D eigenvalue weighted by Crippen LogP contribution is 2.14. The van der Waals surface area contributed by atoms with Crippen molar-refractivity contribution in [3.63, 3.8) is 0 Å². The van der Waals surface area contributed by atoms with E-state index in [1.807, 2.05) is 0 Å². The van der Waals surface area contributed by atoms with Gasteiger partial charge in [0.25, 0.3) is 11.6 Å². The summed E-state index contributed by atoms with van der Waals surface area (Å²) in [5, 5.41) is 20.2. The molecule has 10 heteroatoms. The van der Waals surface area contributed by atoms with Crippen molar-refractivity contribution < 1.29 is 23.2 Å². The summed E-state index contributed by atoms with van der Waals surface area (Å²) in [6, 6.07) is 4.28. The van der Waals surface area contributed by atoms with Crippen LogP contribution in [0.15, 0.2) is 24.3 Å². The van der Waals surface area contributed by atoms with E-state index in [0.29, 0.717) is 0 Å². The first-order chi connectivity index (χ1) is 9.78. The second-order valence-corrected chi connectivity index (χ2v) is 6.81. The summed E-state index contributed by atoms with van der Waals surface area (Å²) in [6.45, 7) is 0. The van der Waals surface area contributed by atoms with Gasteiger partial charge in [-0.05, 0) is 6.07 Å². The Morgan fingerprint density at radius 1 is 1.38 bits per heavy atom. The molecular formula is C11H13N3O6S. The molecule has 1 aliphatic rings. The molecule has 1 saturated heterocycles. The molecule has 0 aliphatic carbocycles. The maximum atomic E-state index is 11.8. The summed E-state index contributed by atoms with van der Waals surface area (Å²) in [5.74, 6) is -1.31. The molecule has 0 spiro atoms. The number of aliphatic hydroxyl groups excluding tert-OH is 1. The fraction of sp³-hybridized carbons (Fsp3) is 0.364. The molecule has 1 heterocycles. The molecule has 1 fully saturated rings. The molecule has 21 heavy (non-hydrogen) atoms. The topological polar surface area (TPSA) is 139 Å². The van der Waals surface area contributed by atoms with E-state index in [2.05, 4.69) is 10.9 Å². The number of nitro benzene ring substituents is 1. The number of nitrogens with one attached hydrogen (secondary N) is 2. The average molecular weight is 315 g/mol. The van der Waals surface area contributed by atoms with Gasteiger partial charge in [-0.3, -0.25) is 20.3 Å². The minimum Gasteiger partial charge on any atom is -0.390 e. The van der Waals surface area contributed by atoms with Crippen molar-refractivity contribution in [2.24, 2.45) is 0 Å². The molecule has 0 aromatic heterocycles. The van der Waals surface area contributed by atoms with Gasteiger partial charge in [0, 0.05) is 17.7 Å². The third kappa shape index (κ3) is 3.74. The van der Waals surface area contributed by atoms with Crippen molar-refractivity contribution in [2.75, 3.05) is 11.5 Å². The number of carbonyl (C=O) groups is 1. The molecule has 0 radical (unpaired) electrons. The Kier molecular flexibility index (Phi) is 4.21. The molecule has 9 nitrogen and oxygen atoms in total. The molecule has 1 aromatic carbocycles. The smallest absolute Gasteiger partial charge is 0.270 e. The predicted molar refractivity (Wildman–Crippen MR) is 72.1 cm³/mol. The van der Waals surface area contributed by atoms with Crippen molar-refractivity contribution in [2.45, 2.75) is 12.1 Å². The van der Waals surface area contributed by atoms with Crippen LogP contribution < -0.4 is 10.9 Å². The van der Waals surface area contributed by atoms with E-state index in [1.165, 1.54) is 18.2 Å². The van der Waals surface area contributed by atoms with Gasteiger partial charge in [0.15, 0.2) is 9.84 Å². The van der Waals surface area contributed by atoms with Gasteiger partial charge in [-0.1, -0.05) is 6.07 Å². The van der Waals surface area contributed by atoms with Crippen LogP contribution in [0.25, 0.3) is 0 Å². The van der Waals surface area contributed by atoms with Gasteiger partial charge in [0.05, 0.1) is 28.6 Å². The summed E-state index contributed by atoms with van der Waals surface area (Å²) in [6.07, 6.45) is -1.11. The molecule has 2 rings (SSSR count). The van der Waals surface area contributed by atoms with Crippen LogP contribution in [0, 0.1) is 10.1 Å². The average Bonchev–Trinajstić information content (AvgIpc) is 2.68. The number of nitrogens with zero attached hydrogens (tertiary/aromatic N) is 1. The first-order valence-corrected chi connectivity index (χ1v) is 7.79. The Labute approximate surface area is 120 Å². The second-order valence-electron chi connectivity index (χ2n) is 4.66. The summed E-state index contributed by atoms with van der Waals surface area (Å²) in [4.78, 5) is 21.8. The highest BCUT2D eigenvalue weighted by atomic mass is 32.2. The van der Waals surface area contributed by atoms with Crippen molar-refractivity contribution in [3.05, 3.63) is 39.9 Å². The van der Waals surface area contributed by atoms with E-state index >= 15 is 0 Å². The number of hydrazine groups is 1. The number of benzene rings is 1. The second kappa shape index (κ2) is 5.76. The Morgan fingerprint density at radius 3 is 2.67 bits per heavy atom. The van der Waals surface area contributed by atoms with E-state index in [9.17, 15) is 28.4 Å². The number of aliphatic hydroxyl groups is 1. The number of non-ortho nitro benzene ring substituents is 1. The number of carbonyl (C=O) groups excluding carboxylic acids is 1. The number of rotatable bonds is 4. The van der Waals surface area contributed by atoms with Crippen LogP contribution in [0.2, 0.25) is 0 Å². The van der Waals surface area contributed by atoms with Crippen LogP contribution in [-0.2, 0) is 9.84 Å². The summed E-state index contributed by atoms with van der Waals surface area (Å²) < 4.78 is 22.6. The van der Waals surface area contributed by atoms with E-state index < -0.39 is 32.8 Å². The van der Waals surface area contributed by atoms with Crippen LogP contribution in [0.1, 0.15) is 10.4 Å². The van der Waals surface area contributed by atoms with Crippen LogP contribution in [0.3, 0.4) is 0 Å². The van der Waals surface area contributed by atoms with Crippen LogP contribution >= 0.6 is 0 Å². The maximum absolute atomic E-state index is 11.8. The van der Waals surface area contributed by atoms with Gasteiger partial charge < -0.3 is 5.11 Å². The first-order valence-electron chi connectivity index (χ1n) is 5.97. The molecule has 1 aromatic rings. The quantitative estimate of drug-likeness (QED) is 0.478. The van der Waals surface area contributed by atoms with E-state index in [4.69, 9.17) is 0 Å². The van der Waals surface area contributed by atoms with Gasteiger partial charge in [0.1, 0.15) is 0 Å². The number of hydrogen-bond acceptors (Lipinski definition) is 7. The lowest BCUT2D eigenvalue weighted by molar-refractivity contribution is -0.384. The minimum absolute atomic E-state index is 0.0482. The molecule has 3 N–H and O–H groups in total. The molecule has 114 valence electrons. The zero-order chi connectivity index (χ0) is 15.6. The van der Waals surface area contributed by atoms with Crippen LogP contribution in [0.4, 0.5) is 5.69 Å². The fourth-order valence-corrected chi connectivity index (χ4v) is 3.70. The summed E-state index contributed by atoms with van der Waals surface area (Å²) in [5.41, 5.74) is 4.49. The molecule has 1 amide bonds. The van der Waals surface area contributed by atoms with E-state index in [1.54, 1.807) is 0 Å². The first kappa shape index (κ1) is 15.4. The normalized spacial score (nSPS) is 23.7. The Balaban J connectivity index is 1.99. The summed E-state index contributed by atoms with van der Waals surface area (Å²) in [7, 11) is -3.33. The molecule has 0 saturated carbocycles. The number of hydrogen-bond donors (Lipinski definition) is 3. The lowest BCUT2D eigenvalue weighted by Crippen LogP contribution is -2.49. The highest BCUT2D eigenvalue weighted by Gasteiger charge is 2.36. The highest BCUT2D eigenvalue weighted by molar-refractivity contribution is 7.91. The van der Waals surface area contributed by atoms with Gasteiger partial charge in [-0.25, -0.2) is 13.8 Å². The molecular weight excluding hydrogens is 302 g/mol. The van der Waals surface area contributed by atoms with E-state index in [-0.39, 0.29) is 22.8 Å². The predicted octanol–water partition coefficient (Wildman–Crippen LogP) is -1.01. The van der Waals surface area contributed by atoms with Gasteiger partial charge >= 0.3 is 0 Å². The fourth-order valence-electron chi connectivity index (χ4n) is 1.96. The molecule has 0 unspecified atom stereocenters. The van der Waals surface area contributed by atoms with Gasteiger partial charge in [-0.15, -0.1) is 0 Å². The third-order valence-electron chi connectivity index (χ3n) is 3.01. The van der Waals surface area contributed by atoms with Crippen molar-refractivity contribution in [3.8, 4) is 0 Å². The third-order valence-corrected chi connectivity index (χ3v) is 4.73. The number of amides is 1. The Bertz CT molecular complexity index is 674. The van der Waals surface area contributed by atoms with Gasteiger partial charge in [-0.2, -0.15) is 0 Å². The SMILES string of the molecule is O=C(NN[C@@H]1CS(=O)(=O)C[C@H]1O)c1cccc([N+](=O)[O-])c1. The summed E-state index contributed by atoms with van der Waals surface area (Å²) >= 11 is 0. The van der Waals surface area contributed by atoms with Crippen LogP contribution in [-0.4, -0.2) is 48.0 Å². The monoisotopic (exact) mass is 315 g/mol. The standard InChI is InChI=1S/C11H13N3O6S/c15-10-6-21(19,20)5-9(10)12-13-11(16)7-2-1-3-8(4-7)14(17)18/h1-4,9-10,12,15H,5-6H2,(H,13,16)/t9-,10-/m1/s1. The van der Waals surface area contributed by atoms with Crippen LogP contribution in [0.5, 0.6) is 0 Å². The zero-order valence-corrected chi connectivity index (χ0v) is 11.5. The lowest BCUT2D eigenvalue weighted by atomic mass is 10.2. The molecule has 1 aliphatic heterocycles. The van der Waals surface area contributed by atoms with E-state index in [0.717, 1.165) is 6.07 Å². The van der Waals surface area contributed by atoms with Crippen molar-refractivity contribution in [1.29, 1.82) is 0 Å². The molecule has 2 atom stereocenters. The number of sulfone groups is 1. The number of nitro groups is 1. The van der Waals surface area contributed by atoms with Crippen molar-refractivity contribution in [1.82, 2.24) is 10.9 Å². The Morgan fingerprint density at radius 2 is 2.10 bits per heavy atom. The van der Waals surface area contributed by atoms with Gasteiger partial charge in [0.2, 0.25) is 0 Å². The minimum atomic E-state index is -3.33. The Hall–Kier alpha value is -2.04. The van der Waals surface area contributed by atoms with Crippen molar-refractivity contribution >= 4 is 21.4 Å². The zero-order valence-electron chi connectivity index (χ0n) is 10.7.